The van der Waals surface area contributed by atoms with Crippen LogP contribution in [0.5, 0.6) is 0 Å². The van der Waals surface area contributed by atoms with Crippen LogP contribution in [-0.4, -0.2) is 13.7 Å². The van der Waals surface area contributed by atoms with Crippen molar-refractivity contribution in [1.82, 2.24) is 4.72 Å². The lowest BCUT2D eigenvalue weighted by Crippen LogP contribution is -2.39. The van der Waals surface area contributed by atoms with Crippen LogP contribution in [-0.2, 0) is 15.6 Å². The molecule has 0 heterocycles. The molecule has 1 aromatic carbocycles. The lowest BCUT2D eigenvalue weighted by Gasteiger charge is -2.19. The van der Waals surface area contributed by atoms with Gasteiger partial charge in [-0.05, 0) is 44.4 Å². The first-order chi connectivity index (χ1) is 7.86. The van der Waals surface area contributed by atoms with Crippen LogP contribution in [0.1, 0.15) is 32.3 Å². The van der Waals surface area contributed by atoms with Gasteiger partial charge in [-0.15, -0.1) is 0 Å². The van der Waals surface area contributed by atoms with E-state index in [2.05, 4.69) is 20.7 Å². The topological polar surface area (TPSA) is 46.2 Å². The Labute approximate surface area is 111 Å². The van der Waals surface area contributed by atoms with Gasteiger partial charge >= 0.3 is 0 Å². The highest BCUT2D eigenvalue weighted by Crippen LogP contribution is 2.46. The number of rotatable bonds is 4. The van der Waals surface area contributed by atoms with Crippen molar-refractivity contribution in [2.45, 2.75) is 37.5 Å². The van der Waals surface area contributed by atoms with E-state index in [0.717, 1.165) is 22.9 Å². The molecular weight excluding hydrogens is 302 g/mol. The second-order valence-corrected chi connectivity index (χ2v) is 7.94. The van der Waals surface area contributed by atoms with Gasteiger partial charge in [0, 0.05) is 4.47 Å². The fraction of sp³-hybridized carbons (Fsp3) is 0.500. The molecule has 0 aliphatic heterocycles. The Morgan fingerprint density at radius 3 is 2.18 bits per heavy atom. The third kappa shape index (κ3) is 2.72. The van der Waals surface area contributed by atoms with E-state index in [4.69, 9.17) is 0 Å². The predicted octanol–water partition coefficient (Wildman–Crippen LogP) is 2.77. The van der Waals surface area contributed by atoms with Gasteiger partial charge in [-0.2, -0.15) is 0 Å². The first kappa shape index (κ1) is 13.1. The molecular formula is C12H16BrNO2S. The van der Waals surface area contributed by atoms with Crippen LogP contribution in [0.2, 0.25) is 0 Å². The first-order valence-corrected chi connectivity index (χ1v) is 7.98. The van der Waals surface area contributed by atoms with Crippen molar-refractivity contribution < 1.29 is 8.42 Å². The number of benzene rings is 1. The molecule has 1 saturated carbocycles. The molecule has 0 spiro atoms. The van der Waals surface area contributed by atoms with E-state index in [0.29, 0.717) is 0 Å². The highest BCUT2D eigenvalue weighted by atomic mass is 79.9. The number of hydrogen-bond donors (Lipinski definition) is 1. The molecule has 0 saturated heterocycles. The van der Waals surface area contributed by atoms with Crippen molar-refractivity contribution in [3.8, 4) is 0 Å². The molecule has 1 aromatic rings. The number of sulfonamides is 1. The summed E-state index contributed by atoms with van der Waals surface area (Å²) in [7, 11) is -3.21. The molecule has 94 valence electrons. The quantitative estimate of drug-likeness (QED) is 0.928. The minimum atomic E-state index is -3.21. The normalized spacial score (nSPS) is 18.4. The lowest BCUT2D eigenvalue weighted by molar-refractivity contribution is 0.543. The molecule has 1 aliphatic rings. The molecule has 0 amide bonds. The molecule has 1 aliphatic carbocycles. The summed E-state index contributed by atoms with van der Waals surface area (Å²) in [6.45, 7) is 3.39. The number of nitrogens with one attached hydrogen (secondary N) is 1. The molecule has 0 radical (unpaired) electrons. The van der Waals surface area contributed by atoms with Gasteiger partial charge in [-0.25, -0.2) is 13.1 Å². The summed E-state index contributed by atoms with van der Waals surface area (Å²) >= 11 is 3.38. The minimum absolute atomic E-state index is 0.357. The van der Waals surface area contributed by atoms with Crippen molar-refractivity contribution in [2.75, 3.05) is 0 Å². The summed E-state index contributed by atoms with van der Waals surface area (Å²) in [6, 6.07) is 7.83. The Morgan fingerprint density at radius 2 is 1.76 bits per heavy atom. The molecule has 0 bridgehead atoms. The van der Waals surface area contributed by atoms with Crippen molar-refractivity contribution in [1.29, 1.82) is 0 Å². The van der Waals surface area contributed by atoms with Gasteiger partial charge in [-0.3, -0.25) is 0 Å². The highest BCUT2D eigenvalue weighted by Gasteiger charge is 2.47. The van der Waals surface area contributed by atoms with E-state index in [-0.39, 0.29) is 5.54 Å². The van der Waals surface area contributed by atoms with Gasteiger partial charge in [0.2, 0.25) is 10.0 Å². The zero-order valence-corrected chi connectivity index (χ0v) is 12.3. The van der Waals surface area contributed by atoms with E-state index < -0.39 is 15.3 Å². The van der Waals surface area contributed by atoms with Crippen LogP contribution in [0.3, 0.4) is 0 Å². The van der Waals surface area contributed by atoms with Crippen LogP contribution in [0.4, 0.5) is 0 Å². The zero-order chi connectivity index (χ0) is 12.7. The average molecular weight is 318 g/mol. The fourth-order valence-corrected chi connectivity index (χ4v) is 3.10. The first-order valence-electron chi connectivity index (χ1n) is 5.65. The van der Waals surface area contributed by atoms with E-state index in [1.54, 1.807) is 13.8 Å². The standard InChI is InChI=1S/C12H16BrNO2S/c1-9(2)17(15,16)14-12(7-8-12)10-3-5-11(13)6-4-10/h3-6,9,14H,7-8H2,1-2H3. The molecule has 1 N–H and O–H groups in total. The SMILES string of the molecule is CC(C)S(=O)(=O)NC1(c2ccc(Br)cc2)CC1. The average Bonchev–Trinajstić information content (AvgIpc) is 2.98. The Morgan fingerprint density at radius 1 is 1.24 bits per heavy atom. The van der Waals surface area contributed by atoms with Crippen LogP contribution in [0.15, 0.2) is 28.7 Å². The molecule has 2 rings (SSSR count). The van der Waals surface area contributed by atoms with Gasteiger partial charge in [-0.1, -0.05) is 28.1 Å². The van der Waals surface area contributed by atoms with E-state index in [1.165, 1.54) is 0 Å². The summed E-state index contributed by atoms with van der Waals surface area (Å²) < 4.78 is 27.7. The summed E-state index contributed by atoms with van der Waals surface area (Å²) in [6.07, 6.45) is 1.75. The maximum Gasteiger partial charge on any atom is 0.214 e. The smallest absolute Gasteiger partial charge is 0.212 e. The maximum absolute atomic E-state index is 11.9. The molecule has 3 nitrogen and oxygen atoms in total. The monoisotopic (exact) mass is 317 g/mol. The molecule has 17 heavy (non-hydrogen) atoms. The van der Waals surface area contributed by atoms with Crippen LogP contribution >= 0.6 is 15.9 Å². The molecule has 0 atom stereocenters. The van der Waals surface area contributed by atoms with Crippen LogP contribution in [0.25, 0.3) is 0 Å². The molecule has 0 unspecified atom stereocenters. The number of halogens is 1. The van der Waals surface area contributed by atoms with Crippen LogP contribution < -0.4 is 4.72 Å². The van der Waals surface area contributed by atoms with Gasteiger partial charge < -0.3 is 0 Å². The summed E-state index contributed by atoms with van der Waals surface area (Å²) in [5.41, 5.74) is 0.689. The molecule has 0 aromatic heterocycles. The Bertz CT molecular complexity index is 504. The third-order valence-corrected chi connectivity index (χ3v) is 5.55. The number of hydrogen-bond acceptors (Lipinski definition) is 2. The summed E-state index contributed by atoms with van der Waals surface area (Å²) in [5.74, 6) is 0. The minimum Gasteiger partial charge on any atom is -0.212 e. The Balaban J connectivity index is 2.24. The zero-order valence-electron chi connectivity index (χ0n) is 9.90. The van der Waals surface area contributed by atoms with Gasteiger partial charge in [0.05, 0.1) is 10.8 Å². The Hall–Kier alpha value is -0.390. The molecule has 5 heteroatoms. The molecule has 1 fully saturated rings. The van der Waals surface area contributed by atoms with Crippen molar-refractivity contribution in [2.24, 2.45) is 0 Å². The predicted molar refractivity (Wildman–Crippen MR) is 72.2 cm³/mol. The fourth-order valence-electron chi connectivity index (χ4n) is 1.73. The van der Waals surface area contributed by atoms with Crippen molar-refractivity contribution in [3.05, 3.63) is 34.3 Å². The maximum atomic E-state index is 11.9. The lowest BCUT2D eigenvalue weighted by atomic mass is 10.1. The third-order valence-electron chi connectivity index (χ3n) is 3.11. The van der Waals surface area contributed by atoms with Gasteiger partial charge in [0.15, 0.2) is 0 Å². The largest absolute Gasteiger partial charge is 0.214 e. The summed E-state index contributed by atoms with van der Waals surface area (Å²) in [5, 5.41) is -0.393. The summed E-state index contributed by atoms with van der Waals surface area (Å²) in [4.78, 5) is 0. The van der Waals surface area contributed by atoms with Crippen molar-refractivity contribution >= 4 is 26.0 Å². The van der Waals surface area contributed by atoms with Gasteiger partial charge in [0.25, 0.3) is 0 Å². The Kier molecular flexibility index (Phi) is 3.36. The van der Waals surface area contributed by atoms with Crippen molar-refractivity contribution in [3.63, 3.8) is 0 Å². The second kappa shape index (κ2) is 4.37. The van der Waals surface area contributed by atoms with E-state index >= 15 is 0 Å². The van der Waals surface area contributed by atoms with Gasteiger partial charge in [0.1, 0.15) is 0 Å². The van der Waals surface area contributed by atoms with E-state index in [9.17, 15) is 8.42 Å². The van der Waals surface area contributed by atoms with E-state index in [1.807, 2.05) is 24.3 Å². The van der Waals surface area contributed by atoms with Crippen LogP contribution in [0, 0.1) is 0 Å². The highest BCUT2D eigenvalue weighted by molar-refractivity contribution is 9.10. The second-order valence-electron chi connectivity index (χ2n) is 4.78.